The summed E-state index contributed by atoms with van der Waals surface area (Å²) >= 11 is 0. The van der Waals surface area contributed by atoms with Gasteiger partial charge in [-0.3, -0.25) is 4.57 Å². The molecule has 272 valence electrons. The summed E-state index contributed by atoms with van der Waals surface area (Å²) < 4.78 is 7.27. The van der Waals surface area contributed by atoms with E-state index < -0.39 is 5.54 Å². The van der Waals surface area contributed by atoms with E-state index in [1.54, 1.807) is 0 Å². The summed E-state index contributed by atoms with van der Waals surface area (Å²) in [4.78, 5) is 5.80. The van der Waals surface area contributed by atoms with Gasteiger partial charge in [-0.25, -0.2) is 4.98 Å². The summed E-state index contributed by atoms with van der Waals surface area (Å²) in [5.41, 5.74) is 10.4. The van der Waals surface area contributed by atoms with Crippen LogP contribution in [0.2, 0.25) is 0 Å². The maximum atomic E-state index is 5.80. The van der Waals surface area contributed by atoms with Crippen molar-refractivity contribution in [2.45, 2.75) is 5.54 Å². The Balaban J connectivity index is 1.15. The van der Waals surface area contributed by atoms with Crippen molar-refractivity contribution >= 4 is 65.4 Å². The molecular formula is C54H36N4. The second-order valence-electron chi connectivity index (χ2n) is 15.1. The van der Waals surface area contributed by atoms with E-state index in [2.05, 4.69) is 232 Å². The van der Waals surface area contributed by atoms with Crippen LogP contribution in [0.3, 0.4) is 0 Å². The molecule has 0 atom stereocenters. The molecular weight excluding hydrogens is 705 g/mol. The largest absolute Gasteiger partial charge is 0.320 e. The normalized spacial score (nSPS) is 12.1. The number of hydrogen-bond acceptors (Lipinski definition) is 1. The van der Waals surface area contributed by atoms with Crippen LogP contribution in [0.15, 0.2) is 218 Å². The Kier molecular flexibility index (Phi) is 7.11. The smallest absolute Gasteiger partial charge is 0.138 e. The third-order valence-corrected chi connectivity index (χ3v) is 12.1. The first-order chi connectivity index (χ1) is 28.8. The molecule has 0 aliphatic rings. The lowest BCUT2D eigenvalue weighted by Gasteiger charge is -2.38. The molecule has 0 unspecified atom stereocenters. The van der Waals surface area contributed by atoms with E-state index in [0.717, 1.165) is 50.4 Å². The molecule has 0 aliphatic carbocycles. The topological polar surface area (TPSA) is 27.7 Å². The van der Waals surface area contributed by atoms with E-state index in [-0.39, 0.29) is 0 Å². The standard InChI is InChI=1S/C54H36N4/c1-3-18-37(19-4-1)54(38-20-5-2-6-21-38,58-50-30-15-10-24-42(50)43-25-11-16-31-51(43)58)52-32-17-33-53(55-52)57-48-29-14-9-26-44(48)45-36-39(34-35-49(45)57)56-46-27-12-7-22-40(46)41-23-8-13-28-47(41)56/h1-36H. The third kappa shape index (κ3) is 4.54. The Morgan fingerprint density at radius 1 is 0.310 bits per heavy atom. The predicted octanol–water partition coefficient (Wildman–Crippen LogP) is 13.2. The van der Waals surface area contributed by atoms with Crippen molar-refractivity contribution in [1.82, 2.24) is 18.7 Å². The van der Waals surface area contributed by atoms with Crippen molar-refractivity contribution in [2.24, 2.45) is 0 Å². The van der Waals surface area contributed by atoms with Crippen LogP contribution in [0, 0.1) is 0 Å². The van der Waals surface area contributed by atoms with Crippen LogP contribution >= 0.6 is 0 Å². The molecule has 0 radical (unpaired) electrons. The second-order valence-corrected chi connectivity index (χ2v) is 15.1. The van der Waals surface area contributed by atoms with Gasteiger partial charge in [-0.1, -0.05) is 158 Å². The van der Waals surface area contributed by atoms with Gasteiger partial charge in [-0.15, -0.1) is 0 Å². The number of fused-ring (bicyclic) bond motifs is 9. The molecule has 12 aromatic rings. The molecule has 0 N–H and O–H groups in total. The fraction of sp³-hybridized carbons (Fsp3) is 0.0185. The molecule has 0 amide bonds. The average molecular weight is 741 g/mol. The summed E-state index contributed by atoms with van der Waals surface area (Å²) in [6, 6.07) is 78.9. The monoisotopic (exact) mass is 740 g/mol. The van der Waals surface area contributed by atoms with Crippen LogP contribution in [0.4, 0.5) is 0 Å². The van der Waals surface area contributed by atoms with Gasteiger partial charge >= 0.3 is 0 Å². The lowest BCUT2D eigenvalue weighted by Crippen LogP contribution is -2.38. The Morgan fingerprint density at radius 3 is 1.26 bits per heavy atom. The first kappa shape index (κ1) is 32.5. The number of rotatable bonds is 6. The predicted molar refractivity (Wildman–Crippen MR) is 241 cm³/mol. The molecule has 4 aromatic heterocycles. The number of benzene rings is 8. The highest BCUT2D eigenvalue weighted by molar-refractivity contribution is 6.12. The van der Waals surface area contributed by atoms with Gasteiger partial charge in [0.15, 0.2) is 0 Å². The zero-order chi connectivity index (χ0) is 38.2. The summed E-state index contributed by atoms with van der Waals surface area (Å²) in [7, 11) is 0. The van der Waals surface area contributed by atoms with Crippen molar-refractivity contribution < 1.29 is 0 Å². The van der Waals surface area contributed by atoms with Gasteiger partial charge in [0.2, 0.25) is 0 Å². The number of para-hydroxylation sites is 5. The van der Waals surface area contributed by atoms with Crippen LogP contribution in [-0.4, -0.2) is 18.7 Å². The highest BCUT2D eigenvalue weighted by Gasteiger charge is 2.42. The molecule has 4 heterocycles. The molecule has 0 bridgehead atoms. The average Bonchev–Trinajstić information content (AvgIpc) is 3.94. The van der Waals surface area contributed by atoms with Crippen LogP contribution in [0.25, 0.3) is 76.9 Å². The van der Waals surface area contributed by atoms with Crippen molar-refractivity contribution in [3.05, 3.63) is 235 Å². The summed E-state index contributed by atoms with van der Waals surface area (Å²) in [6.45, 7) is 0. The molecule has 12 rings (SSSR count). The molecule has 0 saturated heterocycles. The first-order valence-corrected chi connectivity index (χ1v) is 19.9. The number of hydrogen-bond donors (Lipinski definition) is 0. The molecule has 0 aliphatic heterocycles. The van der Waals surface area contributed by atoms with E-state index in [1.165, 1.54) is 43.4 Å². The van der Waals surface area contributed by atoms with Crippen molar-refractivity contribution in [1.29, 1.82) is 0 Å². The van der Waals surface area contributed by atoms with Crippen molar-refractivity contribution in [3.63, 3.8) is 0 Å². The molecule has 0 fully saturated rings. The first-order valence-electron chi connectivity index (χ1n) is 19.9. The Hall–Kier alpha value is -7.69. The minimum Gasteiger partial charge on any atom is -0.320 e. The zero-order valence-corrected chi connectivity index (χ0v) is 31.6. The van der Waals surface area contributed by atoms with E-state index >= 15 is 0 Å². The van der Waals surface area contributed by atoms with Gasteiger partial charge in [-0.2, -0.15) is 0 Å². The van der Waals surface area contributed by atoms with E-state index in [9.17, 15) is 0 Å². The SMILES string of the molecule is c1ccc(C(c2ccccc2)(c2cccc(-n3c4ccccc4c4cc(-n5c6ccccc6c6ccccc65)ccc43)n2)n2c3ccccc3c3ccccc32)cc1. The lowest BCUT2D eigenvalue weighted by molar-refractivity contribution is 0.532. The maximum absolute atomic E-state index is 5.80. The minimum atomic E-state index is -0.830. The van der Waals surface area contributed by atoms with Gasteiger partial charge in [0, 0.05) is 38.0 Å². The van der Waals surface area contributed by atoms with Gasteiger partial charge in [-0.05, 0) is 71.8 Å². The highest BCUT2D eigenvalue weighted by Crippen LogP contribution is 2.46. The molecule has 0 saturated carbocycles. The highest BCUT2D eigenvalue weighted by atomic mass is 15.1. The fourth-order valence-electron chi connectivity index (χ4n) is 9.77. The minimum absolute atomic E-state index is 0.830. The van der Waals surface area contributed by atoms with Crippen LogP contribution < -0.4 is 0 Å². The summed E-state index contributed by atoms with van der Waals surface area (Å²) in [6.07, 6.45) is 0. The molecule has 58 heavy (non-hydrogen) atoms. The van der Waals surface area contributed by atoms with Gasteiger partial charge in [0.1, 0.15) is 11.4 Å². The summed E-state index contributed by atoms with van der Waals surface area (Å²) in [5, 5.41) is 7.31. The molecule has 4 heteroatoms. The maximum Gasteiger partial charge on any atom is 0.138 e. The van der Waals surface area contributed by atoms with Gasteiger partial charge in [0.05, 0.1) is 38.8 Å². The number of aromatic nitrogens is 4. The Bertz CT molecular complexity index is 3370. The van der Waals surface area contributed by atoms with Gasteiger partial charge < -0.3 is 9.13 Å². The third-order valence-electron chi connectivity index (χ3n) is 12.1. The van der Waals surface area contributed by atoms with E-state index in [4.69, 9.17) is 4.98 Å². The lowest BCUT2D eigenvalue weighted by atomic mass is 9.79. The Labute approximate surface area is 335 Å². The molecule has 4 nitrogen and oxygen atoms in total. The van der Waals surface area contributed by atoms with Gasteiger partial charge in [0.25, 0.3) is 0 Å². The van der Waals surface area contributed by atoms with E-state index in [0.29, 0.717) is 0 Å². The quantitative estimate of drug-likeness (QED) is 0.167. The summed E-state index contributed by atoms with van der Waals surface area (Å²) in [5.74, 6) is 0.866. The van der Waals surface area contributed by atoms with Crippen LogP contribution in [0.1, 0.15) is 16.8 Å². The molecule has 0 spiro atoms. The van der Waals surface area contributed by atoms with Crippen LogP contribution in [-0.2, 0) is 5.54 Å². The second kappa shape index (κ2) is 12.7. The number of pyridine rings is 1. The zero-order valence-electron chi connectivity index (χ0n) is 31.6. The molecule has 8 aromatic carbocycles. The van der Waals surface area contributed by atoms with Crippen LogP contribution in [0.5, 0.6) is 0 Å². The Morgan fingerprint density at radius 2 is 0.724 bits per heavy atom. The van der Waals surface area contributed by atoms with E-state index in [1.807, 2.05) is 0 Å². The van der Waals surface area contributed by atoms with Crippen molar-refractivity contribution in [2.75, 3.05) is 0 Å². The number of nitrogens with zero attached hydrogens (tertiary/aromatic N) is 4. The van der Waals surface area contributed by atoms with Crippen molar-refractivity contribution in [3.8, 4) is 11.5 Å². The fourth-order valence-corrected chi connectivity index (χ4v) is 9.77.